The maximum absolute atomic E-state index is 9.78. The molecule has 17 heavy (non-hydrogen) atoms. The molecular weight excluding hydrogens is 216 g/mol. The maximum Gasteiger partial charge on any atom is 0.0900 e. The molecular formula is C13H30N2O2. The maximum atomic E-state index is 9.78. The molecule has 3 N–H and O–H groups in total. The van der Waals surface area contributed by atoms with E-state index in [0.717, 1.165) is 6.42 Å². The van der Waals surface area contributed by atoms with Gasteiger partial charge in [0, 0.05) is 25.7 Å². The first-order valence-electron chi connectivity index (χ1n) is 6.36. The third-order valence-corrected chi connectivity index (χ3v) is 3.10. The van der Waals surface area contributed by atoms with Crippen LogP contribution in [0.5, 0.6) is 0 Å². The van der Waals surface area contributed by atoms with Gasteiger partial charge in [-0.25, -0.2) is 0 Å². The number of methoxy groups -OCH3 is 1. The van der Waals surface area contributed by atoms with Crippen LogP contribution in [0.15, 0.2) is 0 Å². The summed E-state index contributed by atoms with van der Waals surface area (Å²) >= 11 is 0. The van der Waals surface area contributed by atoms with Gasteiger partial charge in [-0.3, -0.25) is 4.90 Å². The van der Waals surface area contributed by atoms with Gasteiger partial charge >= 0.3 is 0 Å². The molecule has 0 aliphatic rings. The Kier molecular flexibility index (Phi) is 7.24. The lowest BCUT2D eigenvalue weighted by Gasteiger charge is -2.42. The SMILES string of the molecule is CCC(N)C(N(C)CC(O)COC)C(C)(C)C. The standard InChI is InChI=1S/C13H30N2O2/c1-7-11(14)12(13(2,3)4)15(5)8-10(16)9-17-6/h10-12,16H,7-9,14H2,1-6H3. The van der Waals surface area contributed by atoms with Crippen LogP contribution in [0.3, 0.4) is 0 Å². The van der Waals surface area contributed by atoms with Crippen molar-refractivity contribution in [1.82, 2.24) is 4.90 Å². The average molecular weight is 246 g/mol. The molecule has 0 rings (SSSR count). The summed E-state index contributed by atoms with van der Waals surface area (Å²) in [6, 6.07) is 0.369. The molecule has 0 amide bonds. The first-order valence-corrected chi connectivity index (χ1v) is 6.36. The second-order valence-corrected chi connectivity index (χ2v) is 5.93. The van der Waals surface area contributed by atoms with Crippen LogP contribution in [-0.2, 0) is 4.74 Å². The van der Waals surface area contributed by atoms with Crippen LogP contribution in [-0.4, -0.2) is 55.5 Å². The Balaban J connectivity index is 4.59. The number of nitrogens with zero attached hydrogens (tertiary/aromatic N) is 1. The minimum absolute atomic E-state index is 0.0942. The van der Waals surface area contributed by atoms with Gasteiger partial charge in [0.2, 0.25) is 0 Å². The lowest BCUT2D eigenvalue weighted by Crippen LogP contribution is -2.55. The van der Waals surface area contributed by atoms with Crippen molar-refractivity contribution in [2.24, 2.45) is 11.1 Å². The van der Waals surface area contributed by atoms with Gasteiger partial charge in [-0.1, -0.05) is 27.7 Å². The zero-order chi connectivity index (χ0) is 13.6. The minimum atomic E-state index is -0.459. The zero-order valence-corrected chi connectivity index (χ0v) is 12.2. The summed E-state index contributed by atoms with van der Waals surface area (Å²) in [6.45, 7) is 9.61. The second-order valence-electron chi connectivity index (χ2n) is 5.93. The van der Waals surface area contributed by atoms with E-state index in [9.17, 15) is 5.11 Å². The molecule has 0 fully saturated rings. The van der Waals surface area contributed by atoms with Crippen molar-refractivity contribution >= 4 is 0 Å². The molecule has 4 heteroatoms. The molecule has 0 aromatic heterocycles. The van der Waals surface area contributed by atoms with Crippen molar-refractivity contribution < 1.29 is 9.84 Å². The summed E-state index contributed by atoms with van der Waals surface area (Å²) < 4.78 is 4.95. The van der Waals surface area contributed by atoms with Crippen molar-refractivity contribution in [1.29, 1.82) is 0 Å². The molecule has 3 atom stereocenters. The van der Waals surface area contributed by atoms with Gasteiger partial charge in [0.1, 0.15) is 0 Å². The van der Waals surface area contributed by atoms with E-state index in [1.54, 1.807) is 7.11 Å². The Labute approximate surface area is 106 Å². The first kappa shape index (κ1) is 16.8. The molecule has 0 spiro atoms. The Hall–Kier alpha value is -0.160. The van der Waals surface area contributed by atoms with Crippen molar-refractivity contribution in [3.8, 4) is 0 Å². The van der Waals surface area contributed by atoms with Crippen LogP contribution in [0.25, 0.3) is 0 Å². The van der Waals surface area contributed by atoms with Gasteiger partial charge in [0.05, 0.1) is 12.7 Å². The van der Waals surface area contributed by atoms with Gasteiger partial charge in [0.25, 0.3) is 0 Å². The van der Waals surface area contributed by atoms with E-state index < -0.39 is 6.10 Å². The highest BCUT2D eigenvalue weighted by Crippen LogP contribution is 2.26. The van der Waals surface area contributed by atoms with Crippen LogP contribution < -0.4 is 5.73 Å². The van der Waals surface area contributed by atoms with Gasteiger partial charge in [0.15, 0.2) is 0 Å². The molecule has 0 radical (unpaired) electrons. The first-order chi connectivity index (χ1) is 7.73. The minimum Gasteiger partial charge on any atom is -0.389 e. The number of hydrogen-bond acceptors (Lipinski definition) is 4. The highest BCUT2D eigenvalue weighted by molar-refractivity contribution is 4.90. The smallest absolute Gasteiger partial charge is 0.0900 e. The number of nitrogens with two attached hydrogens (primary N) is 1. The molecule has 0 saturated carbocycles. The zero-order valence-electron chi connectivity index (χ0n) is 12.2. The van der Waals surface area contributed by atoms with Crippen LogP contribution in [0, 0.1) is 5.41 Å². The number of aliphatic hydroxyl groups excluding tert-OH is 1. The molecule has 104 valence electrons. The lowest BCUT2D eigenvalue weighted by atomic mass is 9.80. The number of aliphatic hydroxyl groups is 1. The van der Waals surface area contributed by atoms with E-state index in [4.69, 9.17) is 10.5 Å². The van der Waals surface area contributed by atoms with E-state index in [-0.39, 0.29) is 17.5 Å². The summed E-state index contributed by atoms with van der Waals surface area (Å²) in [7, 11) is 3.62. The van der Waals surface area contributed by atoms with Crippen molar-refractivity contribution in [3.63, 3.8) is 0 Å². The number of likely N-dealkylation sites (N-methyl/N-ethyl adjacent to an activating group) is 1. The molecule has 0 aliphatic carbocycles. The third kappa shape index (κ3) is 5.82. The van der Waals surface area contributed by atoms with Crippen molar-refractivity contribution in [2.45, 2.75) is 52.3 Å². The number of hydrogen-bond donors (Lipinski definition) is 2. The van der Waals surface area contributed by atoms with Crippen molar-refractivity contribution in [2.75, 3.05) is 27.3 Å². The summed E-state index contributed by atoms with van der Waals surface area (Å²) in [6.07, 6.45) is 0.478. The molecule has 3 unspecified atom stereocenters. The normalized spacial score (nSPS) is 18.2. The van der Waals surface area contributed by atoms with E-state index in [0.29, 0.717) is 13.2 Å². The summed E-state index contributed by atoms with van der Waals surface area (Å²) in [5.74, 6) is 0. The van der Waals surface area contributed by atoms with E-state index >= 15 is 0 Å². The largest absolute Gasteiger partial charge is 0.389 e. The molecule has 4 nitrogen and oxygen atoms in total. The van der Waals surface area contributed by atoms with Crippen LogP contribution in [0.4, 0.5) is 0 Å². The van der Waals surface area contributed by atoms with Gasteiger partial charge in [-0.15, -0.1) is 0 Å². The molecule has 0 saturated heterocycles. The van der Waals surface area contributed by atoms with Crippen LogP contribution >= 0.6 is 0 Å². The average Bonchev–Trinajstić information content (AvgIpc) is 2.15. The summed E-state index contributed by atoms with van der Waals surface area (Å²) in [5, 5.41) is 9.78. The van der Waals surface area contributed by atoms with Crippen LogP contribution in [0.1, 0.15) is 34.1 Å². The Morgan fingerprint density at radius 2 is 1.88 bits per heavy atom. The van der Waals surface area contributed by atoms with Gasteiger partial charge in [-0.05, 0) is 18.9 Å². The van der Waals surface area contributed by atoms with Gasteiger partial charge < -0.3 is 15.6 Å². The van der Waals surface area contributed by atoms with Crippen LogP contribution in [0.2, 0.25) is 0 Å². The Bertz CT molecular complexity index is 204. The van der Waals surface area contributed by atoms with E-state index in [2.05, 4.69) is 32.6 Å². The summed E-state index contributed by atoms with van der Waals surface area (Å²) in [4.78, 5) is 2.15. The highest BCUT2D eigenvalue weighted by Gasteiger charge is 2.33. The van der Waals surface area contributed by atoms with E-state index in [1.165, 1.54) is 0 Å². The predicted octanol–water partition coefficient (Wildman–Crippen LogP) is 1.08. The monoisotopic (exact) mass is 246 g/mol. The molecule has 0 aliphatic heterocycles. The fraction of sp³-hybridized carbons (Fsp3) is 1.00. The fourth-order valence-corrected chi connectivity index (χ4v) is 2.54. The van der Waals surface area contributed by atoms with Crippen molar-refractivity contribution in [3.05, 3.63) is 0 Å². The van der Waals surface area contributed by atoms with E-state index in [1.807, 2.05) is 7.05 Å². The highest BCUT2D eigenvalue weighted by atomic mass is 16.5. The third-order valence-electron chi connectivity index (χ3n) is 3.10. The van der Waals surface area contributed by atoms with Gasteiger partial charge in [-0.2, -0.15) is 0 Å². The summed E-state index contributed by atoms with van der Waals surface area (Å²) in [5.41, 5.74) is 6.29. The Morgan fingerprint density at radius 3 is 2.24 bits per heavy atom. The fourth-order valence-electron chi connectivity index (χ4n) is 2.54. The molecule has 0 heterocycles. The predicted molar refractivity (Wildman–Crippen MR) is 72.0 cm³/mol. The molecule has 0 aromatic carbocycles. The second kappa shape index (κ2) is 7.31. The topological polar surface area (TPSA) is 58.7 Å². The molecule has 0 aromatic rings. The Morgan fingerprint density at radius 1 is 1.35 bits per heavy atom. The molecule has 0 bridgehead atoms. The quantitative estimate of drug-likeness (QED) is 0.706. The number of ether oxygens (including phenoxy) is 1. The lowest BCUT2D eigenvalue weighted by molar-refractivity contribution is 0.0119. The number of rotatable bonds is 7.